The highest BCUT2D eigenvalue weighted by atomic mass is 16.5. The summed E-state index contributed by atoms with van der Waals surface area (Å²) >= 11 is 0. The zero-order chi connectivity index (χ0) is 30.8. The van der Waals surface area contributed by atoms with E-state index in [1.54, 1.807) is 55.6 Å². The number of methoxy groups -OCH3 is 1. The summed E-state index contributed by atoms with van der Waals surface area (Å²) in [4.78, 5) is 39.5. The maximum atomic E-state index is 14.1. The van der Waals surface area contributed by atoms with Gasteiger partial charge in [-0.3, -0.25) is 14.3 Å². The molecule has 0 atom stereocenters. The van der Waals surface area contributed by atoms with Gasteiger partial charge in [0, 0.05) is 25.7 Å². The Kier molecular flexibility index (Phi) is 7.86. The van der Waals surface area contributed by atoms with Crippen LogP contribution in [0.2, 0.25) is 0 Å². The maximum Gasteiger partial charge on any atom is 0.339 e. The Morgan fingerprint density at radius 3 is 2.39 bits per heavy atom. The zero-order valence-electron chi connectivity index (χ0n) is 24.8. The van der Waals surface area contributed by atoms with Gasteiger partial charge in [0.2, 0.25) is 0 Å². The van der Waals surface area contributed by atoms with Crippen molar-refractivity contribution in [2.75, 3.05) is 38.4 Å². The summed E-state index contributed by atoms with van der Waals surface area (Å²) < 4.78 is 14.4. The largest absolute Gasteiger partial charge is 0.495 e. The van der Waals surface area contributed by atoms with Crippen molar-refractivity contribution < 1.29 is 14.3 Å². The van der Waals surface area contributed by atoms with Crippen molar-refractivity contribution in [2.24, 2.45) is 0 Å². The van der Waals surface area contributed by atoms with E-state index >= 15 is 0 Å². The number of ether oxygens (including phenoxy) is 2. The number of carbonyl (C=O) groups excluding carboxylic acids is 1. The van der Waals surface area contributed by atoms with E-state index in [9.17, 15) is 9.59 Å². The Bertz CT molecular complexity index is 1890. The third-order valence-corrected chi connectivity index (χ3v) is 7.66. The Labute approximate surface area is 254 Å². The van der Waals surface area contributed by atoms with Gasteiger partial charge in [0.15, 0.2) is 11.5 Å². The number of imidazole rings is 1. The van der Waals surface area contributed by atoms with E-state index < -0.39 is 5.69 Å². The van der Waals surface area contributed by atoms with Crippen LogP contribution in [-0.2, 0) is 4.79 Å². The number of nitrogens with zero attached hydrogens (tertiary/aromatic N) is 6. The molecule has 224 valence electrons. The first kappa shape index (κ1) is 28.7. The lowest BCUT2D eigenvalue weighted by molar-refractivity contribution is -0.113. The smallest absolute Gasteiger partial charge is 0.339 e. The van der Waals surface area contributed by atoms with Crippen LogP contribution in [0, 0.1) is 0 Å². The number of nitrogens with two attached hydrogens (primary N) is 1. The zero-order valence-corrected chi connectivity index (χ0v) is 24.8. The molecule has 0 aliphatic heterocycles. The van der Waals surface area contributed by atoms with Crippen LogP contribution >= 0.6 is 0 Å². The molecule has 11 heteroatoms. The van der Waals surface area contributed by atoms with Gasteiger partial charge in [0.1, 0.15) is 29.1 Å². The quantitative estimate of drug-likeness (QED) is 0.235. The van der Waals surface area contributed by atoms with Gasteiger partial charge in [-0.2, -0.15) is 0 Å². The average molecular weight is 592 g/mol. The SMILES string of the molecule is COc1ccc(-n2c(=O)n(-c3ccc(Oc4ccccc4)cc3)c3c(N)ncnc32)cc1N(C)C(=O)C=CCN(C)C1CC1. The lowest BCUT2D eigenvalue weighted by Gasteiger charge is -2.20. The van der Waals surface area contributed by atoms with Crippen LogP contribution in [0.1, 0.15) is 12.8 Å². The molecule has 2 aromatic heterocycles. The standard InChI is InChI=1S/C33H33N7O4/c1-37(22-11-12-22)19-7-10-29(41)38(2)27-20-24(15-18-28(27)43-3)40-32-30(31(34)35-21-36-32)39(33(40)42)23-13-16-26(17-14-23)44-25-8-5-4-6-9-25/h4-10,13-18,20-22H,11-12,19H2,1-3H3,(H2,34,35,36). The van der Waals surface area contributed by atoms with E-state index in [4.69, 9.17) is 15.2 Å². The summed E-state index contributed by atoms with van der Waals surface area (Å²) in [6, 6.07) is 22.3. The molecule has 11 nitrogen and oxygen atoms in total. The number of rotatable bonds is 10. The van der Waals surface area contributed by atoms with Crippen LogP contribution in [0.5, 0.6) is 17.2 Å². The molecule has 0 unspecified atom stereocenters. The van der Waals surface area contributed by atoms with Crippen molar-refractivity contribution in [3.8, 4) is 28.6 Å². The van der Waals surface area contributed by atoms with Gasteiger partial charge in [-0.1, -0.05) is 24.3 Å². The van der Waals surface area contributed by atoms with Crippen molar-refractivity contribution in [3.63, 3.8) is 0 Å². The molecule has 0 radical (unpaired) electrons. The van der Waals surface area contributed by atoms with Crippen LogP contribution in [0.3, 0.4) is 0 Å². The fourth-order valence-electron chi connectivity index (χ4n) is 5.10. The van der Waals surface area contributed by atoms with Gasteiger partial charge in [0.25, 0.3) is 5.91 Å². The molecule has 2 N–H and O–H groups in total. The predicted octanol–water partition coefficient (Wildman–Crippen LogP) is 4.57. The minimum Gasteiger partial charge on any atom is -0.495 e. The van der Waals surface area contributed by atoms with E-state index in [0.29, 0.717) is 58.1 Å². The highest BCUT2D eigenvalue weighted by Crippen LogP contribution is 2.32. The van der Waals surface area contributed by atoms with E-state index in [1.807, 2.05) is 36.4 Å². The number of para-hydroxylation sites is 1. The minimum atomic E-state index is -0.406. The molecular formula is C33H33N7O4. The van der Waals surface area contributed by atoms with Gasteiger partial charge in [-0.25, -0.2) is 19.3 Å². The fraction of sp³-hybridized carbons (Fsp3) is 0.212. The highest BCUT2D eigenvalue weighted by Gasteiger charge is 2.25. The Morgan fingerprint density at radius 2 is 1.68 bits per heavy atom. The highest BCUT2D eigenvalue weighted by molar-refractivity contribution is 6.02. The molecule has 2 heterocycles. The van der Waals surface area contributed by atoms with Crippen molar-refractivity contribution in [3.05, 3.63) is 102 Å². The molecular weight excluding hydrogens is 558 g/mol. The van der Waals surface area contributed by atoms with Gasteiger partial charge in [0.05, 0.1) is 24.2 Å². The molecule has 0 saturated heterocycles. The monoisotopic (exact) mass is 591 g/mol. The van der Waals surface area contributed by atoms with Gasteiger partial charge in [-0.05, 0) is 74.5 Å². The Hall–Kier alpha value is -5.42. The maximum absolute atomic E-state index is 14.1. The van der Waals surface area contributed by atoms with Crippen LogP contribution in [0.25, 0.3) is 22.5 Å². The minimum absolute atomic E-state index is 0.151. The summed E-state index contributed by atoms with van der Waals surface area (Å²) in [7, 11) is 5.26. The van der Waals surface area contributed by atoms with Crippen LogP contribution < -0.4 is 25.8 Å². The fourth-order valence-corrected chi connectivity index (χ4v) is 5.10. The van der Waals surface area contributed by atoms with Gasteiger partial charge >= 0.3 is 5.69 Å². The first-order chi connectivity index (χ1) is 21.4. The second-order valence-corrected chi connectivity index (χ2v) is 10.6. The molecule has 0 bridgehead atoms. The molecule has 1 fully saturated rings. The topological polar surface area (TPSA) is 121 Å². The van der Waals surface area contributed by atoms with Crippen molar-refractivity contribution in [1.82, 2.24) is 24.0 Å². The molecule has 3 aromatic carbocycles. The number of hydrogen-bond donors (Lipinski definition) is 1. The molecule has 0 spiro atoms. The third-order valence-electron chi connectivity index (χ3n) is 7.66. The Balaban J connectivity index is 1.37. The number of anilines is 2. The normalized spacial score (nSPS) is 13.1. The Morgan fingerprint density at radius 1 is 0.977 bits per heavy atom. The number of nitrogen functional groups attached to an aromatic ring is 1. The van der Waals surface area contributed by atoms with Crippen molar-refractivity contribution in [1.29, 1.82) is 0 Å². The van der Waals surface area contributed by atoms with Gasteiger partial charge in [-0.15, -0.1) is 0 Å². The van der Waals surface area contributed by atoms with Gasteiger partial charge < -0.3 is 20.1 Å². The second-order valence-electron chi connectivity index (χ2n) is 10.6. The van der Waals surface area contributed by atoms with Crippen LogP contribution in [0.4, 0.5) is 11.5 Å². The summed E-state index contributed by atoms with van der Waals surface area (Å²) in [5.74, 6) is 1.72. The first-order valence-electron chi connectivity index (χ1n) is 14.3. The predicted molar refractivity (Wildman–Crippen MR) is 170 cm³/mol. The molecule has 5 aromatic rings. The van der Waals surface area contributed by atoms with E-state index in [2.05, 4.69) is 21.9 Å². The molecule has 44 heavy (non-hydrogen) atoms. The lowest BCUT2D eigenvalue weighted by atomic mass is 10.2. The van der Waals surface area contributed by atoms with Crippen molar-refractivity contribution >= 4 is 28.6 Å². The molecule has 6 rings (SSSR count). The average Bonchev–Trinajstić information content (AvgIpc) is 3.85. The summed E-state index contributed by atoms with van der Waals surface area (Å²) in [5, 5.41) is 0. The number of carbonyl (C=O) groups is 1. The number of hydrogen-bond acceptors (Lipinski definition) is 8. The summed E-state index contributed by atoms with van der Waals surface area (Å²) in [6.07, 6.45) is 7.13. The van der Waals surface area contributed by atoms with E-state index in [0.717, 1.165) is 0 Å². The van der Waals surface area contributed by atoms with E-state index in [1.165, 1.54) is 40.3 Å². The summed E-state index contributed by atoms with van der Waals surface area (Å²) in [6.45, 7) is 0.691. The van der Waals surface area contributed by atoms with Crippen molar-refractivity contribution in [2.45, 2.75) is 18.9 Å². The molecule has 1 saturated carbocycles. The lowest BCUT2D eigenvalue weighted by Crippen LogP contribution is -2.26. The number of amides is 1. The second kappa shape index (κ2) is 12.1. The molecule has 1 aliphatic carbocycles. The molecule has 1 aliphatic rings. The first-order valence-corrected chi connectivity index (χ1v) is 14.3. The van der Waals surface area contributed by atoms with Crippen LogP contribution in [-0.4, -0.2) is 63.7 Å². The number of likely N-dealkylation sites (N-methyl/N-ethyl adjacent to an activating group) is 2. The number of benzene rings is 3. The van der Waals surface area contributed by atoms with Crippen LogP contribution in [0.15, 0.2) is 96.1 Å². The van der Waals surface area contributed by atoms with E-state index in [-0.39, 0.29) is 11.7 Å². The molecule has 1 amide bonds. The summed E-state index contributed by atoms with van der Waals surface area (Å²) in [5.41, 5.74) is 8.11. The number of fused-ring (bicyclic) bond motifs is 1. The number of aromatic nitrogens is 4. The third kappa shape index (κ3) is 5.64.